The maximum atomic E-state index is 14.2. The maximum Gasteiger partial charge on any atom is 0.337 e. The lowest BCUT2D eigenvalue weighted by Gasteiger charge is -2.31. The number of ether oxygens (including phenoxy) is 3. The number of methoxy groups -OCH3 is 1. The number of nitriles is 1. The van der Waals surface area contributed by atoms with E-state index in [0.717, 1.165) is 24.0 Å². The molecule has 1 fully saturated rings. The smallest absolute Gasteiger partial charge is 0.337 e. The summed E-state index contributed by atoms with van der Waals surface area (Å²) in [5.74, 6) is -0.767. The molecule has 0 bridgehead atoms. The van der Waals surface area contributed by atoms with E-state index in [4.69, 9.17) is 19.5 Å². The molecule has 1 saturated heterocycles. The number of esters is 1. The zero-order chi connectivity index (χ0) is 34.0. The highest BCUT2D eigenvalue weighted by atomic mass is 19.1. The Labute approximate surface area is 278 Å². The third-order valence-corrected chi connectivity index (χ3v) is 7.87. The quantitative estimate of drug-likeness (QED) is 0.187. The minimum absolute atomic E-state index is 0.0410. The molecule has 0 aliphatic carbocycles. The van der Waals surface area contributed by atoms with Gasteiger partial charge in [-0.1, -0.05) is 6.07 Å². The summed E-state index contributed by atoms with van der Waals surface area (Å²) in [5, 5.41) is 19.7. The molecule has 0 saturated carbocycles. The average molecular weight is 656 g/mol. The van der Waals surface area contributed by atoms with Crippen molar-refractivity contribution in [3.63, 3.8) is 0 Å². The van der Waals surface area contributed by atoms with Crippen molar-refractivity contribution in [3.05, 3.63) is 94.7 Å². The second kappa shape index (κ2) is 15.9. The summed E-state index contributed by atoms with van der Waals surface area (Å²) in [6.07, 6.45) is 1.33. The summed E-state index contributed by atoms with van der Waals surface area (Å²) in [7, 11) is 1.33. The second-order valence-electron chi connectivity index (χ2n) is 11.4. The normalized spacial score (nSPS) is 13.4. The van der Waals surface area contributed by atoms with E-state index in [1.54, 1.807) is 36.4 Å². The average Bonchev–Trinajstić information content (AvgIpc) is 3.47. The van der Waals surface area contributed by atoms with Crippen molar-refractivity contribution in [1.82, 2.24) is 19.7 Å². The van der Waals surface area contributed by atoms with Crippen molar-refractivity contribution >= 4 is 23.3 Å². The van der Waals surface area contributed by atoms with Crippen LogP contribution in [0, 0.1) is 24.1 Å². The van der Waals surface area contributed by atoms with Gasteiger partial charge in [-0.05, 0) is 75.2 Å². The molecule has 3 heterocycles. The standard InChI is InChI=1S/C35H38FN7O5/c1-4-43-27(16-23(2)41-43)20-38-31-18-25(35(45)46-3)9-10-30(31)40-33(44)21-42-14-12-28(13-15-42)48-34-7-5-6-26(39-34)22-47-32-11-8-24(19-37)17-29(32)36/h5-11,16-18,28,38H,4,12-15,20-22H2,1-3H3,(H,40,44). The number of aromatic nitrogens is 3. The van der Waals surface area contributed by atoms with Crippen LogP contribution >= 0.6 is 0 Å². The van der Waals surface area contributed by atoms with Gasteiger partial charge in [0.05, 0.1) is 65.9 Å². The molecular formula is C35H38FN7O5. The molecule has 1 aliphatic heterocycles. The Morgan fingerprint density at radius 1 is 1.08 bits per heavy atom. The Morgan fingerprint density at radius 3 is 2.62 bits per heavy atom. The molecule has 5 rings (SSSR count). The largest absolute Gasteiger partial charge is 0.484 e. The predicted octanol–water partition coefficient (Wildman–Crippen LogP) is 5.08. The number of piperidine rings is 1. The van der Waals surface area contributed by atoms with Crippen molar-refractivity contribution < 1.29 is 28.2 Å². The molecule has 4 aromatic rings. The Balaban J connectivity index is 1.12. The monoisotopic (exact) mass is 655 g/mol. The number of rotatable bonds is 13. The first-order valence-electron chi connectivity index (χ1n) is 15.7. The fraction of sp³-hybridized carbons (Fsp3) is 0.343. The van der Waals surface area contributed by atoms with E-state index in [-0.39, 0.29) is 36.5 Å². The molecule has 2 N–H and O–H groups in total. The Kier molecular flexibility index (Phi) is 11.2. The molecule has 2 aromatic carbocycles. The number of likely N-dealkylation sites (tertiary alicyclic amines) is 1. The van der Waals surface area contributed by atoms with Gasteiger partial charge in [-0.25, -0.2) is 14.2 Å². The Bertz CT molecular complexity index is 1800. The van der Waals surface area contributed by atoms with Crippen LogP contribution < -0.4 is 20.1 Å². The van der Waals surface area contributed by atoms with Crippen LogP contribution in [0.5, 0.6) is 11.6 Å². The number of hydrogen-bond donors (Lipinski definition) is 2. The number of nitrogens with zero attached hydrogens (tertiary/aromatic N) is 5. The van der Waals surface area contributed by atoms with E-state index in [0.29, 0.717) is 61.0 Å². The van der Waals surface area contributed by atoms with Crippen LogP contribution in [0.1, 0.15) is 52.8 Å². The topological polar surface area (TPSA) is 144 Å². The van der Waals surface area contributed by atoms with Gasteiger partial charge in [-0.15, -0.1) is 0 Å². The van der Waals surface area contributed by atoms with E-state index >= 15 is 0 Å². The van der Waals surface area contributed by atoms with Gasteiger partial charge in [0.2, 0.25) is 11.8 Å². The highest BCUT2D eigenvalue weighted by molar-refractivity contribution is 5.98. The zero-order valence-electron chi connectivity index (χ0n) is 27.2. The third kappa shape index (κ3) is 8.86. The van der Waals surface area contributed by atoms with Crippen molar-refractivity contribution in [2.45, 2.75) is 52.5 Å². The first-order valence-corrected chi connectivity index (χ1v) is 15.7. The van der Waals surface area contributed by atoms with Gasteiger partial charge in [0, 0.05) is 25.7 Å². The predicted molar refractivity (Wildman–Crippen MR) is 176 cm³/mol. The minimum Gasteiger partial charge on any atom is -0.484 e. The van der Waals surface area contributed by atoms with Crippen molar-refractivity contribution in [2.24, 2.45) is 0 Å². The molecule has 13 heteroatoms. The van der Waals surface area contributed by atoms with Gasteiger partial charge in [-0.2, -0.15) is 10.4 Å². The molecule has 0 atom stereocenters. The zero-order valence-corrected chi connectivity index (χ0v) is 27.2. The van der Waals surface area contributed by atoms with Crippen LogP contribution in [-0.2, 0) is 29.2 Å². The summed E-state index contributed by atoms with van der Waals surface area (Å²) < 4.78 is 32.6. The molecule has 0 unspecified atom stereocenters. The van der Waals surface area contributed by atoms with Crippen LogP contribution in [0.25, 0.3) is 0 Å². The molecule has 48 heavy (non-hydrogen) atoms. The summed E-state index contributed by atoms with van der Waals surface area (Å²) in [6.45, 7) is 6.69. The van der Waals surface area contributed by atoms with Gasteiger partial charge in [-0.3, -0.25) is 14.4 Å². The number of amides is 1. The first kappa shape index (κ1) is 33.9. The molecule has 250 valence electrons. The Morgan fingerprint density at radius 2 is 1.90 bits per heavy atom. The van der Waals surface area contributed by atoms with E-state index in [1.165, 1.54) is 19.2 Å². The highest BCUT2D eigenvalue weighted by Crippen LogP contribution is 2.26. The number of aryl methyl sites for hydroxylation is 2. The number of nitrogens with one attached hydrogen (secondary N) is 2. The third-order valence-electron chi connectivity index (χ3n) is 7.87. The number of benzene rings is 2. The summed E-state index contributed by atoms with van der Waals surface area (Å²) in [5.41, 5.74) is 4.21. The van der Waals surface area contributed by atoms with Gasteiger partial charge < -0.3 is 24.8 Å². The van der Waals surface area contributed by atoms with Gasteiger partial charge in [0.25, 0.3) is 0 Å². The second-order valence-corrected chi connectivity index (χ2v) is 11.4. The van der Waals surface area contributed by atoms with E-state index in [1.807, 2.05) is 30.7 Å². The number of anilines is 2. The Hall–Kier alpha value is -5.48. The van der Waals surface area contributed by atoms with Crippen LogP contribution in [0.3, 0.4) is 0 Å². The number of pyridine rings is 1. The van der Waals surface area contributed by atoms with Gasteiger partial charge >= 0.3 is 5.97 Å². The van der Waals surface area contributed by atoms with E-state index < -0.39 is 11.8 Å². The van der Waals surface area contributed by atoms with Crippen LogP contribution in [0.15, 0.2) is 60.7 Å². The molecule has 0 radical (unpaired) electrons. The summed E-state index contributed by atoms with van der Waals surface area (Å²) >= 11 is 0. The molecule has 1 amide bonds. The minimum atomic E-state index is -0.610. The number of carbonyl (C=O) groups is 2. The maximum absolute atomic E-state index is 14.2. The summed E-state index contributed by atoms with van der Waals surface area (Å²) in [6, 6.07) is 18.2. The molecular weight excluding hydrogens is 617 g/mol. The molecule has 0 spiro atoms. The fourth-order valence-corrected chi connectivity index (χ4v) is 5.44. The van der Waals surface area contributed by atoms with Crippen molar-refractivity contribution in [3.8, 4) is 17.7 Å². The number of hydrogen-bond acceptors (Lipinski definition) is 10. The van der Waals surface area contributed by atoms with Crippen molar-refractivity contribution in [1.29, 1.82) is 5.26 Å². The molecule has 2 aromatic heterocycles. The SMILES string of the molecule is CCn1nc(C)cc1CNc1cc(C(=O)OC)ccc1NC(=O)CN1CCC(Oc2cccc(COc3ccc(C#N)cc3F)n2)CC1. The highest BCUT2D eigenvalue weighted by Gasteiger charge is 2.23. The first-order chi connectivity index (χ1) is 23.2. The number of carbonyl (C=O) groups excluding carboxylic acids is 2. The molecule has 12 nitrogen and oxygen atoms in total. The number of halogens is 1. The van der Waals surface area contributed by atoms with Gasteiger partial charge in [0.15, 0.2) is 11.6 Å². The van der Waals surface area contributed by atoms with Crippen molar-refractivity contribution in [2.75, 3.05) is 37.4 Å². The van der Waals surface area contributed by atoms with Gasteiger partial charge in [0.1, 0.15) is 12.7 Å². The molecule has 1 aliphatic rings. The fourth-order valence-electron chi connectivity index (χ4n) is 5.44. The van der Waals surface area contributed by atoms with Crippen LogP contribution in [0.4, 0.5) is 15.8 Å². The van der Waals surface area contributed by atoms with E-state index in [9.17, 15) is 14.0 Å². The lowest BCUT2D eigenvalue weighted by molar-refractivity contribution is -0.117. The summed E-state index contributed by atoms with van der Waals surface area (Å²) in [4.78, 5) is 31.9. The van der Waals surface area contributed by atoms with E-state index in [2.05, 4.69) is 25.6 Å². The van der Waals surface area contributed by atoms with Crippen LogP contribution in [0.2, 0.25) is 0 Å². The van der Waals surface area contributed by atoms with Crippen LogP contribution in [-0.4, -0.2) is 64.4 Å². The lowest BCUT2D eigenvalue weighted by Crippen LogP contribution is -2.42. The lowest BCUT2D eigenvalue weighted by atomic mass is 10.1.